The van der Waals surface area contributed by atoms with E-state index in [4.69, 9.17) is 4.42 Å². The van der Waals surface area contributed by atoms with Gasteiger partial charge in [0.1, 0.15) is 11.5 Å². The molecule has 0 saturated carbocycles. The van der Waals surface area contributed by atoms with Crippen molar-refractivity contribution < 1.29 is 14.0 Å². The number of oxazole rings is 1. The molecular formula is C16H20N4O3S. The number of aromatic nitrogens is 1. The fraction of sp³-hybridized carbons (Fsp3) is 0.438. The molecule has 2 aromatic rings. The van der Waals surface area contributed by atoms with E-state index in [1.807, 2.05) is 26.0 Å². The molecule has 1 aliphatic heterocycles. The molecule has 0 atom stereocenters. The number of urea groups is 1. The smallest absolute Gasteiger partial charge is 0.317 e. The van der Waals surface area contributed by atoms with Crippen LogP contribution in [0.4, 0.5) is 4.79 Å². The number of hydrogen-bond acceptors (Lipinski definition) is 5. The van der Waals surface area contributed by atoms with Crippen molar-refractivity contribution in [2.45, 2.75) is 20.4 Å². The van der Waals surface area contributed by atoms with Crippen LogP contribution in [0, 0.1) is 13.8 Å². The first-order valence-corrected chi connectivity index (χ1v) is 8.63. The maximum absolute atomic E-state index is 12.4. The van der Waals surface area contributed by atoms with E-state index in [2.05, 4.69) is 10.3 Å². The number of hydrogen-bond donors (Lipinski definition) is 1. The zero-order valence-corrected chi connectivity index (χ0v) is 14.6. The second-order valence-electron chi connectivity index (χ2n) is 5.70. The van der Waals surface area contributed by atoms with E-state index in [-0.39, 0.29) is 11.9 Å². The van der Waals surface area contributed by atoms with Crippen molar-refractivity contribution in [3.8, 4) is 0 Å². The lowest BCUT2D eigenvalue weighted by Gasteiger charge is -2.34. The number of nitrogens with one attached hydrogen (secondary N) is 1. The van der Waals surface area contributed by atoms with Gasteiger partial charge in [0, 0.05) is 31.1 Å². The minimum absolute atomic E-state index is 0.0476. The lowest BCUT2D eigenvalue weighted by Crippen LogP contribution is -2.53. The highest BCUT2D eigenvalue weighted by molar-refractivity contribution is 7.13. The van der Waals surface area contributed by atoms with Crippen LogP contribution < -0.4 is 5.32 Å². The predicted octanol–water partition coefficient (Wildman–Crippen LogP) is 2.02. The Morgan fingerprint density at radius 2 is 1.92 bits per heavy atom. The summed E-state index contributed by atoms with van der Waals surface area (Å²) >= 11 is 1.50. The van der Waals surface area contributed by atoms with E-state index in [1.54, 1.807) is 9.80 Å². The first-order valence-electron chi connectivity index (χ1n) is 7.82. The van der Waals surface area contributed by atoms with Crippen molar-refractivity contribution in [1.82, 2.24) is 20.1 Å². The molecule has 128 valence electrons. The predicted molar refractivity (Wildman–Crippen MR) is 90.0 cm³/mol. The molecule has 2 aromatic heterocycles. The molecule has 0 aliphatic carbocycles. The van der Waals surface area contributed by atoms with E-state index in [1.165, 1.54) is 17.7 Å². The fourth-order valence-corrected chi connectivity index (χ4v) is 3.42. The van der Waals surface area contributed by atoms with Gasteiger partial charge in [0.2, 0.25) is 0 Å². The third kappa shape index (κ3) is 3.59. The molecule has 1 fully saturated rings. The average Bonchev–Trinajstić information content (AvgIpc) is 3.20. The van der Waals surface area contributed by atoms with Gasteiger partial charge in [-0.3, -0.25) is 4.79 Å². The molecule has 1 N–H and O–H groups in total. The van der Waals surface area contributed by atoms with Crippen LogP contribution in [0.15, 0.2) is 22.9 Å². The Kier molecular flexibility index (Phi) is 4.84. The molecule has 0 spiro atoms. The zero-order valence-electron chi connectivity index (χ0n) is 13.7. The lowest BCUT2D eigenvalue weighted by molar-refractivity contribution is 0.0669. The first kappa shape index (κ1) is 16.5. The van der Waals surface area contributed by atoms with Crippen molar-refractivity contribution in [2.24, 2.45) is 0 Å². The van der Waals surface area contributed by atoms with E-state index in [9.17, 15) is 9.59 Å². The Morgan fingerprint density at radius 1 is 1.21 bits per heavy atom. The highest BCUT2D eigenvalue weighted by Crippen LogP contribution is 2.18. The number of nitrogens with zero attached hydrogens (tertiary/aromatic N) is 3. The third-order valence-electron chi connectivity index (χ3n) is 4.06. The van der Waals surface area contributed by atoms with Crippen molar-refractivity contribution in [3.63, 3.8) is 0 Å². The summed E-state index contributed by atoms with van der Waals surface area (Å²) in [6, 6.07) is 3.67. The van der Waals surface area contributed by atoms with Crippen LogP contribution in [-0.2, 0) is 6.54 Å². The summed E-state index contributed by atoms with van der Waals surface area (Å²) in [4.78, 5) is 34.1. The number of thiophene rings is 1. The van der Waals surface area contributed by atoms with Gasteiger partial charge in [0.05, 0.1) is 11.4 Å². The molecule has 3 amide bonds. The van der Waals surface area contributed by atoms with Gasteiger partial charge < -0.3 is 19.5 Å². The van der Waals surface area contributed by atoms with Crippen molar-refractivity contribution in [2.75, 3.05) is 26.2 Å². The highest BCUT2D eigenvalue weighted by atomic mass is 32.1. The molecule has 1 saturated heterocycles. The molecule has 3 heterocycles. The normalized spacial score (nSPS) is 14.8. The molecule has 7 nitrogen and oxygen atoms in total. The molecule has 8 heteroatoms. The van der Waals surface area contributed by atoms with Gasteiger partial charge >= 0.3 is 6.03 Å². The third-order valence-corrected chi connectivity index (χ3v) is 5.05. The Balaban J connectivity index is 1.48. The molecule has 1 aliphatic rings. The van der Waals surface area contributed by atoms with Gasteiger partial charge in [0.15, 0.2) is 6.39 Å². The average molecular weight is 348 g/mol. The second kappa shape index (κ2) is 7.04. The maximum atomic E-state index is 12.4. The summed E-state index contributed by atoms with van der Waals surface area (Å²) in [7, 11) is 0. The largest absolute Gasteiger partial charge is 0.448 e. The topological polar surface area (TPSA) is 78.7 Å². The van der Waals surface area contributed by atoms with E-state index in [0.29, 0.717) is 38.5 Å². The standard InChI is InChI=1S/C16H20N4O3S/c1-11-3-4-14(24-11)15(21)19-5-7-20(8-6-19)16(22)17-9-13-12(2)23-10-18-13/h3-4,10H,5-9H2,1-2H3,(H,17,22). The number of piperazine rings is 1. The SMILES string of the molecule is Cc1ccc(C(=O)N2CCN(C(=O)NCc3ncoc3C)CC2)s1. The van der Waals surface area contributed by atoms with Crippen LogP contribution in [0.1, 0.15) is 26.0 Å². The lowest BCUT2D eigenvalue weighted by atomic mass is 10.3. The van der Waals surface area contributed by atoms with Crippen LogP contribution in [0.3, 0.4) is 0 Å². The van der Waals surface area contributed by atoms with Crippen molar-refractivity contribution in [3.05, 3.63) is 39.7 Å². The number of rotatable bonds is 3. The van der Waals surface area contributed by atoms with Gasteiger partial charge in [-0.05, 0) is 26.0 Å². The minimum Gasteiger partial charge on any atom is -0.448 e. The molecule has 0 aromatic carbocycles. The van der Waals surface area contributed by atoms with Gasteiger partial charge in [-0.15, -0.1) is 11.3 Å². The summed E-state index contributed by atoms with van der Waals surface area (Å²) in [5.74, 6) is 0.753. The number of aryl methyl sites for hydroxylation is 2. The summed E-state index contributed by atoms with van der Waals surface area (Å²) in [6.07, 6.45) is 1.37. The van der Waals surface area contributed by atoms with Crippen molar-refractivity contribution in [1.29, 1.82) is 0 Å². The van der Waals surface area contributed by atoms with Crippen LogP contribution in [0.2, 0.25) is 0 Å². The summed E-state index contributed by atoms with van der Waals surface area (Å²) in [6.45, 7) is 6.29. The Bertz CT molecular complexity index is 731. The van der Waals surface area contributed by atoms with E-state index < -0.39 is 0 Å². The van der Waals surface area contributed by atoms with Gasteiger partial charge in [-0.25, -0.2) is 9.78 Å². The molecular weight excluding hydrogens is 328 g/mol. The second-order valence-corrected chi connectivity index (χ2v) is 6.99. The zero-order chi connectivity index (χ0) is 17.1. The van der Waals surface area contributed by atoms with Crippen LogP contribution >= 0.6 is 11.3 Å². The number of carbonyl (C=O) groups is 2. The number of amides is 3. The molecule has 3 rings (SSSR count). The van der Waals surface area contributed by atoms with E-state index in [0.717, 1.165) is 15.4 Å². The first-order chi connectivity index (χ1) is 11.5. The Morgan fingerprint density at radius 3 is 2.50 bits per heavy atom. The fourth-order valence-electron chi connectivity index (χ4n) is 2.59. The van der Waals surface area contributed by atoms with Crippen LogP contribution in [0.5, 0.6) is 0 Å². The maximum Gasteiger partial charge on any atom is 0.317 e. The highest BCUT2D eigenvalue weighted by Gasteiger charge is 2.25. The van der Waals surface area contributed by atoms with Crippen LogP contribution in [0.25, 0.3) is 0 Å². The van der Waals surface area contributed by atoms with E-state index >= 15 is 0 Å². The van der Waals surface area contributed by atoms with Crippen LogP contribution in [-0.4, -0.2) is 52.9 Å². The molecule has 0 unspecified atom stereocenters. The minimum atomic E-state index is -0.142. The number of carbonyl (C=O) groups excluding carboxylic acids is 2. The summed E-state index contributed by atoms with van der Waals surface area (Å²) < 4.78 is 5.11. The quantitative estimate of drug-likeness (QED) is 0.920. The molecule has 24 heavy (non-hydrogen) atoms. The summed E-state index contributed by atoms with van der Waals surface area (Å²) in [5, 5.41) is 2.84. The summed E-state index contributed by atoms with van der Waals surface area (Å²) in [5.41, 5.74) is 0.727. The Labute approximate surface area is 144 Å². The Hall–Kier alpha value is -2.35. The molecule has 0 radical (unpaired) electrons. The van der Waals surface area contributed by atoms with Gasteiger partial charge in [-0.2, -0.15) is 0 Å². The van der Waals surface area contributed by atoms with Crippen molar-refractivity contribution >= 4 is 23.3 Å². The molecule has 0 bridgehead atoms. The monoisotopic (exact) mass is 348 g/mol. The van der Waals surface area contributed by atoms with Gasteiger partial charge in [-0.1, -0.05) is 0 Å². The van der Waals surface area contributed by atoms with Gasteiger partial charge in [0.25, 0.3) is 5.91 Å².